The van der Waals surface area contributed by atoms with Crippen molar-refractivity contribution in [2.45, 2.75) is 0 Å². The minimum absolute atomic E-state index is 0.301. The molecule has 0 atom stereocenters. The Morgan fingerprint density at radius 3 is 2.76 bits per heavy atom. The van der Waals surface area contributed by atoms with Crippen LogP contribution < -0.4 is 10.9 Å². The minimum Gasteiger partial charge on any atom is -0.329 e. The van der Waals surface area contributed by atoms with E-state index in [4.69, 9.17) is 0 Å². The average Bonchev–Trinajstić information content (AvgIpc) is 2.97. The maximum absolute atomic E-state index is 12.0. The van der Waals surface area contributed by atoms with E-state index >= 15 is 0 Å². The zero-order valence-electron chi connectivity index (χ0n) is 10.9. The molecule has 0 aliphatic carbocycles. The van der Waals surface area contributed by atoms with E-state index in [0.717, 1.165) is 11.3 Å². The van der Waals surface area contributed by atoms with Crippen molar-refractivity contribution in [3.63, 3.8) is 0 Å². The van der Waals surface area contributed by atoms with E-state index in [1.165, 1.54) is 23.6 Å². The van der Waals surface area contributed by atoms with Gasteiger partial charge < -0.3 is 4.98 Å². The summed E-state index contributed by atoms with van der Waals surface area (Å²) in [5, 5.41) is 5.07. The van der Waals surface area contributed by atoms with Gasteiger partial charge >= 0.3 is 0 Å². The van der Waals surface area contributed by atoms with E-state index < -0.39 is 0 Å². The number of rotatable bonds is 3. The van der Waals surface area contributed by atoms with E-state index in [9.17, 15) is 9.59 Å². The number of nitrogens with one attached hydrogen (secondary N) is 2. The number of hydrogen-bond acceptors (Lipinski definition) is 4. The van der Waals surface area contributed by atoms with Crippen LogP contribution >= 0.6 is 11.3 Å². The number of aromatic amines is 1. The lowest BCUT2D eigenvalue weighted by Gasteiger charge is -2.00. The number of carbonyl (C=O) groups is 1. The quantitative estimate of drug-likeness (QED) is 0.780. The maximum atomic E-state index is 12.0. The summed E-state index contributed by atoms with van der Waals surface area (Å²) in [6.45, 7) is 0. The minimum atomic E-state index is -0.352. The predicted molar refractivity (Wildman–Crippen MR) is 82.6 cm³/mol. The lowest BCUT2D eigenvalue weighted by atomic mass is 10.2. The van der Waals surface area contributed by atoms with Crippen molar-refractivity contribution in [2.75, 3.05) is 5.32 Å². The largest absolute Gasteiger partial charge is 0.329 e. The summed E-state index contributed by atoms with van der Waals surface area (Å²) in [6, 6.07) is 12.5. The van der Waals surface area contributed by atoms with Crippen LogP contribution in [0.15, 0.2) is 58.8 Å². The highest BCUT2D eigenvalue weighted by Crippen LogP contribution is 2.24. The van der Waals surface area contributed by atoms with Crippen LogP contribution in [-0.2, 0) is 0 Å². The molecule has 1 aromatic carbocycles. The third-order valence-corrected chi connectivity index (χ3v) is 3.59. The van der Waals surface area contributed by atoms with Gasteiger partial charge in [-0.3, -0.25) is 14.9 Å². The number of hydrogen-bond donors (Lipinski definition) is 2. The Labute approximate surface area is 124 Å². The van der Waals surface area contributed by atoms with Crippen LogP contribution in [0.25, 0.3) is 11.3 Å². The Bertz CT molecular complexity index is 824. The smallest absolute Gasteiger partial charge is 0.257 e. The summed E-state index contributed by atoms with van der Waals surface area (Å²) in [7, 11) is 0. The molecule has 0 unspecified atom stereocenters. The molecule has 2 N–H and O–H groups in total. The third kappa shape index (κ3) is 3.06. The molecule has 2 heterocycles. The van der Waals surface area contributed by atoms with E-state index in [-0.39, 0.29) is 11.5 Å². The van der Waals surface area contributed by atoms with Crippen LogP contribution in [0.1, 0.15) is 10.4 Å². The first-order chi connectivity index (χ1) is 10.2. The van der Waals surface area contributed by atoms with Crippen molar-refractivity contribution >= 4 is 22.4 Å². The first kappa shape index (κ1) is 13.3. The third-order valence-electron chi connectivity index (χ3n) is 2.83. The average molecular weight is 297 g/mol. The Balaban J connectivity index is 1.79. The number of thiazole rings is 1. The fraction of sp³-hybridized carbons (Fsp3) is 0. The summed E-state index contributed by atoms with van der Waals surface area (Å²) in [6.07, 6.45) is 1.44. The zero-order chi connectivity index (χ0) is 14.7. The molecule has 0 bridgehead atoms. The van der Waals surface area contributed by atoms with Crippen LogP contribution in [0.4, 0.5) is 5.13 Å². The fourth-order valence-corrected chi connectivity index (χ4v) is 2.54. The first-order valence-electron chi connectivity index (χ1n) is 6.23. The molecule has 104 valence electrons. The number of nitrogens with zero attached hydrogens (tertiary/aromatic N) is 1. The number of benzene rings is 1. The SMILES string of the molecule is O=C(Nc1nc(-c2ccccc2)cs1)c1cc[nH]c(=O)c1. The molecule has 3 rings (SSSR count). The molecule has 0 radical (unpaired) electrons. The van der Waals surface area contributed by atoms with Gasteiger partial charge in [-0.2, -0.15) is 0 Å². The molecule has 0 aliphatic rings. The number of amides is 1. The molecule has 21 heavy (non-hydrogen) atoms. The summed E-state index contributed by atoms with van der Waals surface area (Å²) in [4.78, 5) is 30.0. The molecule has 2 aromatic heterocycles. The van der Waals surface area contributed by atoms with Gasteiger partial charge in [0.25, 0.3) is 5.91 Å². The number of pyridine rings is 1. The zero-order valence-corrected chi connectivity index (χ0v) is 11.7. The molecule has 1 amide bonds. The van der Waals surface area contributed by atoms with Crippen LogP contribution in [0.3, 0.4) is 0 Å². The van der Waals surface area contributed by atoms with Crippen molar-refractivity contribution in [2.24, 2.45) is 0 Å². The molecular weight excluding hydrogens is 286 g/mol. The monoisotopic (exact) mass is 297 g/mol. The second-order valence-corrected chi connectivity index (χ2v) is 5.16. The van der Waals surface area contributed by atoms with Crippen molar-refractivity contribution in [1.82, 2.24) is 9.97 Å². The molecule has 0 fully saturated rings. The second-order valence-electron chi connectivity index (χ2n) is 4.30. The van der Waals surface area contributed by atoms with Crippen LogP contribution in [0.5, 0.6) is 0 Å². The first-order valence-corrected chi connectivity index (χ1v) is 7.11. The predicted octanol–water partition coefficient (Wildman–Crippen LogP) is 2.75. The number of anilines is 1. The molecule has 0 saturated carbocycles. The lowest BCUT2D eigenvalue weighted by Crippen LogP contribution is -2.15. The molecule has 0 saturated heterocycles. The molecule has 5 nitrogen and oxygen atoms in total. The highest BCUT2D eigenvalue weighted by molar-refractivity contribution is 7.14. The number of H-pyrrole nitrogens is 1. The van der Waals surface area contributed by atoms with Gasteiger partial charge in [-0.25, -0.2) is 4.98 Å². The molecule has 0 spiro atoms. The van der Waals surface area contributed by atoms with Gasteiger partial charge in [0.1, 0.15) is 0 Å². The summed E-state index contributed by atoms with van der Waals surface area (Å²) in [5.74, 6) is -0.352. The molecular formula is C15H11N3O2S. The lowest BCUT2D eigenvalue weighted by molar-refractivity contribution is 0.102. The Hall–Kier alpha value is -2.73. The topological polar surface area (TPSA) is 74.8 Å². The van der Waals surface area contributed by atoms with E-state index in [1.54, 1.807) is 6.07 Å². The molecule has 3 aromatic rings. The van der Waals surface area contributed by atoms with Crippen molar-refractivity contribution in [1.29, 1.82) is 0 Å². The number of carbonyl (C=O) groups excluding carboxylic acids is 1. The van der Waals surface area contributed by atoms with Gasteiger partial charge in [-0.15, -0.1) is 11.3 Å². The molecule has 0 aliphatic heterocycles. The van der Waals surface area contributed by atoms with Gasteiger partial charge in [-0.05, 0) is 6.07 Å². The number of aromatic nitrogens is 2. The van der Waals surface area contributed by atoms with Crippen LogP contribution in [-0.4, -0.2) is 15.9 Å². The molecule has 6 heteroatoms. The van der Waals surface area contributed by atoms with Gasteiger partial charge in [-0.1, -0.05) is 30.3 Å². The van der Waals surface area contributed by atoms with Gasteiger partial charge in [0.05, 0.1) is 5.69 Å². The normalized spacial score (nSPS) is 10.3. The summed E-state index contributed by atoms with van der Waals surface area (Å²) >= 11 is 1.34. The van der Waals surface area contributed by atoms with Gasteiger partial charge in [0, 0.05) is 28.8 Å². The summed E-state index contributed by atoms with van der Waals surface area (Å²) in [5.41, 5.74) is 1.79. The highest BCUT2D eigenvalue weighted by atomic mass is 32.1. The van der Waals surface area contributed by atoms with Crippen LogP contribution in [0, 0.1) is 0 Å². The van der Waals surface area contributed by atoms with Gasteiger partial charge in [0.2, 0.25) is 5.56 Å². The fourth-order valence-electron chi connectivity index (χ4n) is 1.83. The van der Waals surface area contributed by atoms with Gasteiger partial charge in [0.15, 0.2) is 5.13 Å². The Morgan fingerprint density at radius 2 is 2.00 bits per heavy atom. The van der Waals surface area contributed by atoms with E-state index in [0.29, 0.717) is 10.7 Å². The highest BCUT2D eigenvalue weighted by Gasteiger charge is 2.10. The van der Waals surface area contributed by atoms with E-state index in [1.807, 2.05) is 35.7 Å². The standard InChI is InChI=1S/C15H11N3O2S/c19-13-8-11(6-7-16-13)14(20)18-15-17-12(9-21-15)10-4-2-1-3-5-10/h1-9H,(H,16,19)(H,17,18,20). The maximum Gasteiger partial charge on any atom is 0.257 e. The van der Waals surface area contributed by atoms with Crippen molar-refractivity contribution < 1.29 is 4.79 Å². The van der Waals surface area contributed by atoms with Crippen molar-refractivity contribution in [3.8, 4) is 11.3 Å². The van der Waals surface area contributed by atoms with Crippen molar-refractivity contribution in [3.05, 3.63) is 70.0 Å². The van der Waals surface area contributed by atoms with E-state index in [2.05, 4.69) is 15.3 Å². The second kappa shape index (κ2) is 5.72. The van der Waals surface area contributed by atoms with Crippen LogP contribution in [0.2, 0.25) is 0 Å². The Kier molecular flexibility index (Phi) is 3.61. The summed E-state index contributed by atoms with van der Waals surface area (Å²) < 4.78 is 0. The Morgan fingerprint density at radius 1 is 1.19 bits per heavy atom.